The van der Waals surface area contributed by atoms with Gasteiger partial charge >= 0.3 is 0 Å². The van der Waals surface area contributed by atoms with E-state index in [1.807, 2.05) is 95.6 Å². The first-order valence-electron chi connectivity index (χ1n) is 53.2. The van der Waals surface area contributed by atoms with E-state index in [1.54, 1.807) is 0 Å². The van der Waals surface area contributed by atoms with Gasteiger partial charge in [0.15, 0.2) is 23.3 Å². The molecular formula is C123H89BrClN11. The second kappa shape index (κ2) is 37.7. The van der Waals surface area contributed by atoms with Crippen molar-refractivity contribution in [2.75, 3.05) is 0 Å². The van der Waals surface area contributed by atoms with Crippen molar-refractivity contribution in [3.05, 3.63) is 488 Å². The molecule has 7 aromatic heterocycles. The van der Waals surface area contributed by atoms with Crippen LogP contribution in [-0.2, 0) is 6.42 Å². The van der Waals surface area contributed by atoms with E-state index in [-0.39, 0.29) is 66.4 Å². The Balaban J connectivity index is 0.000000123. The van der Waals surface area contributed by atoms with Gasteiger partial charge in [-0.25, -0.2) is 9.97 Å². The lowest BCUT2D eigenvalue weighted by Crippen LogP contribution is -2.07. The van der Waals surface area contributed by atoms with Crippen LogP contribution in [0.15, 0.2) is 471 Å². The van der Waals surface area contributed by atoms with Crippen LogP contribution in [0.5, 0.6) is 0 Å². The average Bonchev–Trinajstić information content (AvgIpc) is 1.54. The van der Waals surface area contributed by atoms with Gasteiger partial charge in [0, 0.05) is 109 Å². The molecule has 7 heterocycles. The van der Waals surface area contributed by atoms with E-state index in [4.69, 9.17) is 49.0 Å². The van der Waals surface area contributed by atoms with Gasteiger partial charge in [-0.05, 0) is 134 Å². The van der Waals surface area contributed by atoms with Crippen LogP contribution in [0.25, 0.3) is 216 Å². The third-order valence-electron chi connectivity index (χ3n) is 23.9. The Hall–Kier alpha value is -17.0. The Morgan fingerprint density at radius 2 is 0.610 bits per heavy atom. The summed E-state index contributed by atoms with van der Waals surface area (Å²) in [7, 11) is 0. The number of aromatic nitrogens is 11. The van der Waals surface area contributed by atoms with Crippen molar-refractivity contribution < 1.29 is 27.4 Å². The second-order valence-corrected chi connectivity index (χ2v) is 33.0. The zero-order valence-electron chi connectivity index (χ0n) is 90.9. The van der Waals surface area contributed by atoms with E-state index >= 15 is 0 Å². The smallest absolute Gasteiger partial charge is 0.238 e. The number of hydrogen-bond donors (Lipinski definition) is 2. The minimum Gasteiger partial charge on any atom is -0.354 e. The molecule has 0 aliphatic heterocycles. The first-order chi connectivity index (χ1) is 74.6. The lowest BCUT2D eigenvalue weighted by molar-refractivity contribution is 0.953. The van der Waals surface area contributed by atoms with Crippen LogP contribution in [0, 0.1) is 0 Å². The molecule has 136 heavy (non-hydrogen) atoms. The maximum absolute atomic E-state index is 8.87. The Morgan fingerprint density at radius 3 is 1.08 bits per heavy atom. The molecular weight excluding hydrogens is 1750 g/mol. The van der Waals surface area contributed by atoms with E-state index in [9.17, 15) is 0 Å². The number of nitrogens with one attached hydrogen (secondary N) is 2. The Labute approximate surface area is 828 Å². The highest BCUT2D eigenvalue weighted by Gasteiger charge is 2.27. The molecule has 650 valence electrons. The highest BCUT2D eigenvalue weighted by molar-refractivity contribution is 9.10. The minimum atomic E-state index is -0.613. The SMILES string of the molecule is Brc1cccc(-c2ccccc2)c1.C.C.[2H]c1c([2H])c([2H])c(-c2nc(-c3c([2H])c([2H])c([2H])c([2H])c3[2H])nc(-n3c4ccccc4c4ccc5c6ccccc6n(-c6cccc(-c7ccccc7)c6)c5c43)n2)c([2H])c1[2H].[2H]c1c([2H])c([2H])c(-c2nc(Cl)nc(-c3c([2H])c([2H])c([2H])c([2H])c3[2H])n2)c([2H])c1[2H].c1ccc(-c2cccc(-n3c4ccccc4c4ccc5c6ccccc6[nH]c5c43)c2)cc1.c1ccc2c(c1)Cc1c-2ccc2c1[nH]c1ccccc12. The summed E-state index contributed by atoms with van der Waals surface area (Å²) >= 11 is 9.37. The molecule has 0 spiro atoms. The molecule has 0 bridgehead atoms. The van der Waals surface area contributed by atoms with Gasteiger partial charge in [0.2, 0.25) is 11.2 Å². The van der Waals surface area contributed by atoms with Crippen molar-refractivity contribution >= 4 is 137 Å². The van der Waals surface area contributed by atoms with Crippen LogP contribution in [0.1, 0.15) is 53.4 Å². The number of rotatable bonds is 10. The molecule has 0 amide bonds. The summed E-state index contributed by atoms with van der Waals surface area (Å²) in [6, 6.07) is 108. The Bertz CT molecular complexity index is 9940. The summed E-state index contributed by atoms with van der Waals surface area (Å²) < 4.78 is 172. The second-order valence-electron chi connectivity index (χ2n) is 31.7. The normalized spacial score (nSPS) is 13.4. The number of fused-ring (bicyclic) bond motifs is 21. The fraction of sp³-hybridized carbons (Fsp3) is 0.0244. The zero-order chi connectivity index (χ0) is 107. The van der Waals surface area contributed by atoms with Crippen LogP contribution in [0.2, 0.25) is 5.28 Å². The third kappa shape index (κ3) is 16.4. The number of nitrogens with zero attached hydrogens (tertiary/aromatic N) is 9. The Kier molecular flexibility index (Phi) is 18.2. The zero-order valence-corrected chi connectivity index (χ0v) is 73.2. The van der Waals surface area contributed by atoms with Gasteiger partial charge < -0.3 is 19.1 Å². The van der Waals surface area contributed by atoms with E-state index in [0.29, 0.717) is 11.0 Å². The van der Waals surface area contributed by atoms with Gasteiger partial charge in [-0.15, -0.1) is 0 Å². The van der Waals surface area contributed by atoms with Gasteiger partial charge in [-0.1, -0.05) is 431 Å². The summed E-state index contributed by atoms with van der Waals surface area (Å²) in [4.78, 5) is 33.2. The predicted molar refractivity (Wildman–Crippen MR) is 573 cm³/mol. The van der Waals surface area contributed by atoms with Gasteiger partial charge in [0.1, 0.15) is 0 Å². The first kappa shape index (κ1) is 65.5. The predicted octanol–water partition coefficient (Wildman–Crippen LogP) is 33.3. The molecule has 0 fully saturated rings. The number of H-pyrrole nitrogens is 2. The number of halogens is 2. The van der Waals surface area contributed by atoms with Crippen LogP contribution in [-0.4, -0.2) is 53.6 Å². The molecule has 11 nitrogen and oxygen atoms in total. The molecule has 0 atom stereocenters. The van der Waals surface area contributed by atoms with E-state index in [1.165, 1.54) is 116 Å². The Morgan fingerprint density at radius 1 is 0.265 bits per heavy atom. The maximum atomic E-state index is 8.87. The summed E-state index contributed by atoms with van der Waals surface area (Å²) in [6.07, 6.45) is 1.04. The highest BCUT2D eigenvalue weighted by atomic mass is 79.9. The van der Waals surface area contributed by atoms with Crippen LogP contribution in [0.4, 0.5) is 0 Å². The number of benzene rings is 19. The summed E-state index contributed by atoms with van der Waals surface area (Å²) in [5.41, 5.74) is 23.7. The quantitative estimate of drug-likeness (QED) is 0.141. The lowest BCUT2D eigenvalue weighted by Gasteiger charge is -2.14. The van der Waals surface area contributed by atoms with E-state index in [0.717, 1.165) is 60.3 Å². The third-order valence-corrected chi connectivity index (χ3v) is 24.6. The standard InChI is InChI=1S/C45H29N5.C30H20N2.C19H13N.C15H10ClN3.C12H9Br.2CH4/c1-4-15-30(16-5-1)33-21-14-22-34(29-33)49-39-25-12-10-23-35(39)37-27-28-38-36-24-11-13-26-40(36)50(42(38)41(37)49)45-47-43(31-17-6-2-7-18-31)46-44(48-45)32-19-8-3-9-20-32;1-2-9-20(10-3-1)21-11-8-12-22(19-21)32-28-16-7-5-14-24(28)26-18-17-25-23-13-4-6-15-27(23)31-29(25)30(26)32;1-2-6-13-12(5-1)11-17-14(13)9-10-16-15-7-3-4-8-18(15)20-19(16)17;16-15-18-13(11-7-3-1-4-8-11)17-14(19-15)12-9-5-2-6-10-12;13-12-8-4-7-11(9-12)10-5-2-1-3-6-10;;/h1-29H;1-19,31H;1-10,20H,11H2;1-10H;1-9H;2*1H4/i2D,3D,6D,7D,8D,9D,17D,18D,19D,20D;;;1D,2D,3D,4D,5D,6D,7D,8D,9D,10D;;;. The topological polar surface area (TPSA) is 124 Å². The fourth-order valence-electron chi connectivity index (χ4n) is 18.1. The van der Waals surface area contributed by atoms with Crippen molar-refractivity contribution in [1.82, 2.24) is 53.6 Å². The number of para-hydroxylation sites is 5. The molecule has 19 aromatic carbocycles. The minimum absolute atomic E-state index is 0. The van der Waals surface area contributed by atoms with Gasteiger partial charge in [-0.3, -0.25) is 4.57 Å². The molecule has 26 aromatic rings. The van der Waals surface area contributed by atoms with Gasteiger partial charge in [0.25, 0.3) is 0 Å². The van der Waals surface area contributed by atoms with Gasteiger partial charge in [0.05, 0.1) is 71.5 Å². The molecule has 1 aliphatic carbocycles. The van der Waals surface area contributed by atoms with Crippen molar-refractivity contribution in [1.29, 1.82) is 0 Å². The first-order valence-corrected chi connectivity index (χ1v) is 44.3. The maximum Gasteiger partial charge on any atom is 0.238 e. The van der Waals surface area contributed by atoms with Crippen molar-refractivity contribution in [3.8, 4) is 107 Å². The highest BCUT2D eigenvalue weighted by Crippen LogP contribution is 2.46. The lowest BCUT2D eigenvalue weighted by atomic mass is 10.0. The van der Waals surface area contributed by atoms with Crippen molar-refractivity contribution in [2.45, 2.75) is 21.3 Å². The largest absolute Gasteiger partial charge is 0.354 e. The molecule has 0 saturated carbocycles. The fourth-order valence-corrected chi connectivity index (χ4v) is 18.6. The average molecular weight is 1860 g/mol. The summed E-state index contributed by atoms with van der Waals surface area (Å²) in [5, 5.41) is 10.8. The monoisotopic (exact) mass is 1850 g/mol. The molecule has 27 rings (SSSR count). The molecule has 0 radical (unpaired) electrons. The summed E-state index contributed by atoms with van der Waals surface area (Å²) in [6.45, 7) is 0. The van der Waals surface area contributed by atoms with Crippen LogP contribution < -0.4 is 0 Å². The summed E-state index contributed by atoms with van der Waals surface area (Å²) in [5.74, 6) is -1.52. The van der Waals surface area contributed by atoms with Crippen LogP contribution in [0.3, 0.4) is 0 Å². The number of hydrogen-bond acceptors (Lipinski definition) is 6. The van der Waals surface area contributed by atoms with E-state index < -0.39 is 126 Å². The van der Waals surface area contributed by atoms with Gasteiger partial charge in [-0.2, -0.15) is 19.9 Å². The van der Waals surface area contributed by atoms with Crippen molar-refractivity contribution in [3.63, 3.8) is 0 Å². The molecule has 0 unspecified atom stereocenters. The molecule has 0 saturated heterocycles. The van der Waals surface area contributed by atoms with Crippen LogP contribution >= 0.6 is 27.5 Å². The molecule has 2 N–H and O–H groups in total. The molecule has 1 aliphatic rings. The van der Waals surface area contributed by atoms with E-state index in [2.05, 4.69) is 310 Å². The molecule has 13 heteroatoms. The van der Waals surface area contributed by atoms with Crippen molar-refractivity contribution in [2.24, 2.45) is 0 Å². The number of aromatic amines is 2.